The van der Waals surface area contributed by atoms with E-state index in [-0.39, 0.29) is 28.7 Å². The second-order valence-corrected chi connectivity index (χ2v) is 9.66. The summed E-state index contributed by atoms with van der Waals surface area (Å²) in [5, 5.41) is 3.05. The van der Waals surface area contributed by atoms with Gasteiger partial charge in [-0.3, -0.25) is 4.79 Å². The number of carbonyl (C=O) groups is 1. The number of carbonyl (C=O) groups excluding carboxylic acids is 1. The molecular weight excluding hydrogens is 322 g/mol. The summed E-state index contributed by atoms with van der Waals surface area (Å²) in [6.07, 6.45) is 6.58. The van der Waals surface area contributed by atoms with E-state index >= 15 is 0 Å². The third-order valence-electron chi connectivity index (χ3n) is 5.61. The van der Waals surface area contributed by atoms with Crippen molar-refractivity contribution in [1.29, 1.82) is 0 Å². The highest BCUT2D eigenvalue weighted by Crippen LogP contribution is 2.59. The Morgan fingerprint density at radius 3 is 2.50 bits per heavy atom. The molecule has 3 rings (SSSR count). The molecule has 2 fully saturated rings. The van der Waals surface area contributed by atoms with Gasteiger partial charge in [-0.15, -0.1) is 0 Å². The molecule has 0 radical (unpaired) electrons. The normalized spacial score (nSPS) is 23.8. The van der Waals surface area contributed by atoms with E-state index in [2.05, 4.69) is 29.6 Å². The highest BCUT2D eigenvalue weighted by atomic mass is 32.2. The van der Waals surface area contributed by atoms with Gasteiger partial charge >= 0.3 is 0 Å². The molecule has 0 unspecified atom stereocenters. The average molecular weight is 349 g/mol. The first-order chi connectivity index (χ1) is 11.5. The standard InChI is InChI=1S/C19H27NO3S/c21-18(17-15-19(17)10-13-24(22,23)14-11-19)20-12-6-2-5-9-16-7-3-1-4-8-16/h1,3-4,7-8,17H,2,5-6,9-15H2,(H,20,21)/t17-/m0/s1. The molecule has 1 amide bonds. The Balaban J connectivity index is 1.29. The summed E-state index contributed by atoms with van der Waals surface area (Å²) in [6.45, 7) is 0.735. The van der Waals surface area contributed by atoms with Crippen molar-refractivity contribution in [3.8, 4) is 0 Å². The zero-order valence-electron chi connectivity index (χ0n) is 14.2. The molecule has 132 valence electrons. The molecule has 5 heteroatoms. The summed E-state index contributed by atoms with van der Waals surface area (Å²) in [5.74, 6) is 0.710. The van der Waals surface area contributed by atoms with Gasteiger partial charge in [0.2, 0.25) is 5.91 Å². The van der Waals surface area contributed by atoms with E-state index in [1.807, 2.05) is 6.07 Å². The van der Waals surface area contributed by atoms with Crippen LogP contribution in [0.15, 0.2) is 30.3 Å². The van der Waals surface area contributed by atoms with Crippen molar-refractivity contribution < 1.29 is 13.2 Å². The molecule has 1 saturated heterocycles. The van der Waals surface area contributed by atoms with Crippen LogP contribution in [0, 0.1) is 11.3 Å². The fourth-order valence-electron chi connectivity index (χ4n) is 3.83. The Labute approximate surface area is 145 Å². The molecule has 24 heavy (non-hydrogen) atoms. The van der Waals surface area contributed by atoms with Crippen molar-refractivity contribution in [1.82, 2.24) is 5.32 Å². The summed E-state index contributed by atoms with van der Waals surface area (Å²) >= 11 is 0. The summed E-state index contributed by atoms with van der Waals surface area (Å²) < 4.78 is 23.0. The van der Waals surface area contributed by atoms with Gasteiger partial charge in [-0.25, -0.2) is 8.42 Å². The van der Waals surface area contributed by atoms with Crippen molar-refractivity contribution in [2.24, 2.45) is 11.3 Å². The second kappa shape index (κ2) is 7.26. The first-order valence-electron chi connectivity index (χ1n) is 9.03. The number of aryl methyl sites for hydroxylation is 1. The quantitative estimate of drug-likeness (QED) is 0.770. The lowest BCUT2D eigenvalue weighted by atomic mass is 9.96. The Hall–Kier alpha value is -1.36. The Kier molecular flexibility index (Phi) is 5.28. The first-order valence-corrected chi connectivity index (χ1v) is 10.9. The summed E-state index contributed by atoms with van der Waals surface area (Å²) in [7, 11) is -2.84. The number of unbranched alkanes of at least 4 members (excludes halogenated alkanes) is 2. The summed E-state index contributed by atoms with van der Waals surface area (Å²) in [4.78, 5) is 12.2. The lowest BCUT2D eigenvalue weighted by Crippen LogP contribution is -2.32. The van der Waals surface area contributed by atoms with Gasteiger partial charge in [0.25, 0.3) is 0 Å². The molecule has 1 aromatic rings. The minimum atomic E-state index is -2.84. The molecule has 1 saturated carbocycles. The maximum absolute atomic E-state index is 12.2. The zero-order valence-corrected chi connectivity index (χ0v) is 15.0. The molecule has 4 nitrogen and oxygen atoms in total. The van der Waals surface area contributed by atoms with Crippen LogP contribution >= 0.6 is 0 Å². The van der Waals surface area contributed by atoms with Crippen LogP contribution in [-0.4, -0.2) is 32.4 Å². The van der Waals surface area contributed by atoms with E-state index in [4.69, 9.17) is 0 Å². The Bertz CT molecular complexity index is 655. The maximum atomic E-state index is 12.2. The van der Waals surface area contributed by atoms with E-state index in [1.54, 1.807) is 0 Å². The molecule has 0 bridgehead atoms. The van der Waals surface area contributed by atoms with E-state index in [0.717, 1.165) is 38.6 Å². The zero-order chi connectivity index (χ0) is 17.0. The molecule has 2 aliphatic rings. The fourth-order valence-corrected chi connectivity index (χ4v) is 5.47. The van der Waals surface area contributed by atoms with E-state index in [0.29, 0.717) is 12.8 Å². The minimum Gasteiger partial charge on any atom is -0.356 e. The molecule has 1 spiro atoms. The monoisotopic (exact) mass is 349 g/mol. The number of benzene rings is 1. The molecule has 1 heterocycles. The number of hydrogen-bond acceptors (Lipinski definition) is 3. The number of hydrogen-bond donors (Lipinski definition) is 1. The van der Waals surface area contributed by atoms with Crippen molar-refractivity contribution in [3.05, 3.63) is 35.9 Å². The van der Waals surface area contributed by atoms with Gasteiger partial charge in [-0.1, -0.05) is 36.8 Å². The number of sulfone groups is 1. The topological polar surface area (TPSA) is 63.2 Å². The SMILES string of the molecule is O=C(NCCCCCc1ccccc1)[C@@H]1CC12CCS(=O)(=O)CC2. The van der Waals surface area contributed by atoms with Gasteiger partial charge in [0, 0.05) is 12.5 Å². The highest BCUT2D eigenvalue weighted by Gasteiger charge is 2.59. The lowest BCUT2D eigenvalue weighted by Gasteiger charge is -2.22. The summed E-state index contributed by atoms with van der Waals surface area (Å²) in [5.41, 5.74) is 1.37. The predicted molar refractivity (Wildman–Crippen MR) is 95.4 cm³/mol. The van der Waals surface area contributed by atoms with Gasteiger partial charge in [0.1, 0.15) is 9.84 Å². The van der Waals surface area contributed by atoms with Crippen molar-refractivity contribution in [2.45, 2.75) is 44.9 Å². The third-order valence-corrected chi connectivity index (χ3v) is 7.26. The van der Waals surface area contributed by atoms with E-state index in [9.17, 15) is 13.2 Å². The van der Waals surface area contributed by atoms with Crippen LogP contribution in [0.1, 0.15) is 44.1 Å². The van der Waals surface area contributed by atoms with Crippen LogP contribution in [-0.2, 0) is 21.1 Å². The van der Waals surface area contributed by atoms with E-state index in [1.165, 1.54) is 5.56 Å². The third kappa shape index (κ3) is 4.38. The molecular formula is C19H27NO3S. The number of nitrogens with one attached hydrogen (secondary N) is 1. The van der Waals surface area contributed by atoms with Crippen molar-refractivity contribution >= 4 is 15.7 Å². The van der Waals surface area contributed by atoms with Crippen molar-refractivity contribution in [3.63, 3.8) is 0 Å². The van der Waals surface area contributed by atoms with Crippen LogP contribution < -0.4 is 5.32 Å². The minimum absolute atomic E-state index is 0.00269. The largest absolute Gasteiger partial charge is 0.356 e. The second-order valence-electron chi connectivity index (χ2n) is 7.36. The Morgan fingerprint density at radius 2 is 1.79 bits per heavy atom. The highest BCUT2D eigenvalue weighted by molar-refractivity contribution is 7.91. The van der Waals surface area contributed by atoms with Gasteiger partial charge in [-0.2, -0.15) is 0 Å². The molecule has 1 atom stereocenters. The summed E-state index contributed by atoms with van der Waals surface area (Å²) in [6, 6.07) is 10.5. The molecule has 1 aliphatic carbocycles. The van der Waals surface area contributed by atoms with Crippen LogP contribution in [0.4, 0.5) is 0 Å². The molecule has 0 aromatic heterocycles. The van der Waals surface area contributed by atoms with Crippen LogP contribution in [0.25, 0.3) is 0 Å². The Morgan fingerprint density at radius 1 is 1.08 bits per heavy atom. The van der Waals surface area contributed by atoms with Gasteiger partial charge in [0.05, 0.1) is 11.5 Å². The molecule has 1 N–H and O–H groups in total. The van der Waals surface area contributed by atoms with Crippen molar-refractivity contribution in [2.75, 3.05) is 18.1 Å². The first kappa shape index (κ1) is 17.5. The lowest BCUT2D eigenvalue weighted by molar-refractivity contribution is -0.123. The average Bonchev–Trinajstić information content (AvgIpc) is 3.29. The van der Waals surface area contributed by atoms with Gasteiger partial charge < -0.3 is 5.32 Å². The molecule has 1 aliphatic heterocycles. The van der Waals surface area contributed by atoms with Crippen LogP contribution in [0.5, 0.6) is 0 Å². The van der Waals surface area contributed by atoms with Gasteiger partial charge in [0.15, 0.2) is 0 Å². The smallest absolute Gasteiger partial charge is 0.223 e. The number of rotatable bonds is 7. The van der Waals surface area contributed by atoms with Crippen LogP contribution in [0.2, 0.25) is 0 Å². The van der Waals surface area contributed by atoms with Gasteiger partial charge in [-0.05, 0) is 49.5 Å². The van der Waals surface area contributed by atoms with Crippen LogP contribution in [0.3, 0.4) is 0 Å². The fraction of sp³-hybridized carbons (Fsp3) is 0.632. The predicted octanol–water partition coefficient (Wildman–Crippen LogP) is 2.73. The number of amides is 1. The maximum Gasteiger partial charge on any atom is 0.223 e. The molecule has 1 aromatic carbocycles. The van der Waals surface area contributed by atoms with E-state index < -0.39 is 9.84 Å².